The molecule has 0 spiro atoms. The predicted octanol–water partition coefficient (Wildman–Crippen LogP) is 7.77. The van der Waals surface area contributed by atoms with Crippen LogP contribution < -0.4 is 97.0 Å². The van der Waals surface area contributed by atoms with Gasteiger partial charge in [-0.05, 0) is 168 Å². The largest absolute Gasteiger partial charge is 0.370 e. The maximum Gasteiger partial charge on any atom is 0.243 e. The molecule has 22 N–H and O–H groups in total. The summed E-state index contributed by atoms with van der Waals surface area (Å²) in [6.07, 6.45) is 24.3. The summed E-state index contributed by atoms with van der Waals surface area (Å²) in [5.74, 6) is -4.66. The Morgan fingerprint density at radius 3 is 1.41 bits per heavy atom. The average molecular weight is 1750 g/mol. The number of thioether (sulfide) groups is 1. The molecule has 0 radical (unpaired) electrons. The normalized spacial score (nSPS) is 16.4. The van der Waals surface area contributed by atoms with Gasteiger partial charge in [-0.15, -0.1) is 23.2 Å². The van der Waals surface area contributed by atoms with Gasteiger partial charge < -0.3 is 92.5 Å². The number of amides is 9. The van der Waals surface area contributed by atoms with Gasteiger partial charge in [-0.1, -0.05) is 144 Å². The van der Waals surface area contributed by atoms with Gasteiger partial charge in [-0.25, -0.2) is 0 Å². The van der Waals surface area contributed by atoms with E-state index in [1.165, 1.54) is 10.6 Å². The van der Waals surface area contributed by atoms with E-state index in [1.54, 1.807) is 11.8 Å². The number of unbranched alkanes of at least 4 members (excludes halogenated alkanes) is 3. The minimum absolute atomic E-state index is 0.000531. The highest BCUT2D eigenvalue weighted by Crippen LogP contribution is 2.46. The number of carbonyl (C=O) groups excluding carboxylic acids is 9. The Labute approximate surface area is 734 Å². The van der Waals surface area contributed by atoms with Crippen molar-refractivity contribution < 1.29 is 47.7 Å². The van der Waals surface area contributed by atoms with E-state index >= 15 is 19.2 Å². The molecule has 2 heterocycles. The molecule has 0 bridgehead atoms. The number of pyridine rings is 1. The van der Waals surface area contributed by atoms with E-state index in [4.69, 9.17) is 63.3 Å². The van der Waals surface area contributed by atoms with Crippen LogP contribution in [0, 0.1) is 17.8 Å². The number of hydrogen-bond acceptors (Lipinski definition) is 15. The highest BCUT2D eigenvalue weighted by Gasteiger charge is 2.37. The lowest BCUT2D eigenvalue weighted by molar-refractivity contribution is -0.671. The zero-order valence-electron chi connectivity index (χ0n) is 71.4. The average Bonchev–Trinajstić information content (AvgIpc) is 1.54. The number of benzene rings is 3. The van der Waals surface area contributed by atoms with Crippen molar-refractivity contribution in [1.29, 1.82) is 0 Å². The van der Waals surface area contributed by atoms with Crippen molar-refractivity contribution >= 4 is 134 Å². The summed E-state index contributed by atoms with van der Waals surface area (Å²) < 4.78 is 2.26. The lowest BCUT2D eigenvalue weighted by atomic mass is 9.84. The molecule has 670 valence electrons. The Hall–Kier alpha value is -9.62. The van der Waals surface area contributed by atoms with Crippen LogP contribution in [0.2, 0.25) is 0 Å². The number of carbonyl (C=O) groups is 9. The first-order valence-electron chi connectivity index (χ1n) is 44.4. The van der Waals surface area contributed by atoms with E-state index in [2.05, 4.69) is 140 Å². The number of primary amides is 1. The quantitative estimate of drug-likeness (QED) is 0.00659. The predicted molar refractivity (Wildman–Crippen MR) is 487 cm³/mol. The van der Waals surface area contributed by atoms with Crippen LogP contribution in [-0.4, -0.2) is 171 Å². The number of alkyl halides is 2. The molecule has 3 saturated carbocycles. The van der Waals surface area contributed by atoms with Crippen molar-refractivity contribution in [2.24, 2.45) is 72.9 Å². The van der Waals surface area contributed by atoms with Gasteiger partial charge in [0.15, 0.2) is 24.1 Å². The second kappa shape index (κ2) is 53.4. The molecule has 3 aliphatic carbocycles. The number of aryl methyl sites for hydroxylation is 2. The number of halogens is 2. The van der Waals surface area contributed by atoms with Crippen molar-refractivity contribution in [3.05, 3.63) is 101 Å². The van der Waals surface area contributed by atoms with Crippen LogP contribution in [0.4, 0.5) is 11.4 Å². The van der Waals surface area contributed by atoms with Gasteiger partial charge in [0.1, 0.15) is 48.8 Å². The maximum atomic E-state index is 15.3. The van der Waals surface area contributed by atoms with E-state index in [9.17, 15) is 24.0 Å². The first kappa shape index (κ1) is 97.8. The van der Waals surface area contributed by atoms with Crippen LogP contribution in [0.5, 0.6) is 0 Å². The molecule has 1 aromatic heterocycles. The summed E-state index contributed by atoms with van der Waals surface area (Å²) in [5.41, 5.74) is 45.8. The second-order valence-electron chi connectivity index (χ2n) is 33.1. The number of aromatic nitrogens is 1. The van der Waals surface area contributed by atoms with Gasteiger partial charge in [-0.3, -0.25) is 58.1 Å². The summed E-state index contributed by atoms with van der Waals surface area (Å²) in [5, 5.41) is 25.9. The molecular weight excluding hydrogens is 1610 g/mol. The number of nitrogens with two attached hydrogens (primary N) is 7. The second-order valence-corrected chi connectivity index (χ2v) is 34.9. The van der Waals surface area contributed by atoms with Crippen molar-refractivity contribution in [1.82, 2.24) is 42.5 Å². The fraction of sp³-hybridized carbons (Fsp3) is 0.607. The van der Waals surface area contributed by atoms with Crippen molar-refractivity contribution in [3.63, 3.8) is 0 Å². The van der Waals surface area contributed by atoms with Crippen LogP contribution in [0.15, 0.2) is 110 Å². The van der Waals surface area contributed by atoms with Gasteiger partial charge in [-0.2, -0.15) is 4.57 Å². The Morgan fingerprint density at radius 1 is 0.484 bits per heavy atom. The fourth-order valence-corrected chi connectivity index (χ4v) is 18.4. The number of nitrogens with one attached hydrogen (secondary N) is 8. The third-order valence-electron chi connectivity index (χ3n) is 23.6. The highest BCUT2D eigenvalue weighted by atomic mass is 35.5. The van der Waals surface area contributed by atoms with Crippen LogP contribution in [-0.2, 0) is 56.1 Å². The van der Waals surface area contributed by atoms with Crippen molar-refractivity contribution in [2.75, 3.05) is 67.9 Å². The zero-order chi connectivity index (χ0) is 87.6. The highest BCUT2D eigenvalue weighted by molar-refractivity contribution is 8.03. The summed E-state index contributed by atoms with van der Waals surface area (Å²) in [6.45, 7) is 2.70. The zero-order valence-corrected chi connectivity index (χ0v) is 73.7. The molecule has 4 aromatic rings. The molecule has 122 heavy (non-hydrogen) atoms. The van der Waals surface area contributed by atoms with E-state index in [0.717, 1.165) is 148 Å². The van der Waals surface area contributed by atoms with E-state index in [1.807, 2.05) is 30.3 Å². The fourth-order valence-electron chi connectivity index (χ4n) is 16.9. The number of fused-ring (bicyclic) bond motifs is 2. The van der Waals surface area contributed by atoms with Gasteiger partial charge in [0.05, 0.1) is 16.1 Å². The summed E-state index contributed by atoms with van der Waals surface area (Å²) >= 11 is 13.8. The Balaban J connectivity index is 0.931. The standard InChI is InChI=1S/C89H135Cl2N21O9S/c1-110-75-37-15-16-38-76(75)122-79(110)59-64-45-53-112(74-36-14-13-31-66(64)74)52-19-5-12-39-78(114)103-71(56-61-24-6-2-7-25-61)84(119)105-69(34-22-50-101-88(95)96)82(117)108-73(58-63-28-10-4-11-29-63)86(121)107-70(35-23-51-102-89(97)98)83(118)109-72(57-62-26-8-3-9-27-62)85(120)106-68(33-21-49-100-87(93)94)81(116)104-67(80(92)115)32-17-18-48-99-77(113)40-20-30-60-41-43-65(44-42-60)111(54-46-90)55-47-91/h13-16,31,36-38,41-45,53,59,61-63,67-73H,2-12,17-30,32-35,39-40,46-52,54-58H2,1H3,(H21-,92,93,94,95,96,97,98,99,100,101,102,103,104,105,106,107,108,109,113,114,115,116,117,118,119,120,121)/p+1/t67-,68+,69+,70+,71-,72-,73-/m0/s1. The SMILES string of the molecule is CN1/C(=C\c2cc[n+](CCCCCC(=O)N[C@@H](CC3CCCCC3)C(=O)N[C@H](CCCN=C(N)N)C(=O)N[C@@H](CC3CCCCC3)C(=O)N[C@H](CCCN=C(N)N)C(=O)N[C@@H](CC3CCCCC3)C(=O)N[C@H](CCCN=C(N)N)C(=O)N[C@@H](CCCCNC(=O)CCCc3ccc(N(CCCl)CCCl)cc3)C(N)=O)c3ccccc23)Sc2ccccc21. The monoisotopic (exact) mass is 1740 g/mol. The molecule has 3 aromatic carbocycles. The Kier molecular flexibility index (Phi) is 42.8. The minimum atomic E-state index is -1.33. The first-order valence-corrected chi connectivity index (χ1v) is 46.3. The van der Waals surface area contributed by atoms with Crippen molar-refractivity contribution in [3.8, 4) is 0 Å². The number of rotatable bonds is 53. The maximum absolute atomic E-state index is 15.3. The van der Waals surface area contributed by atoms with Gasteiger partial charge in [0, 0.05) is 100 Å². The summed E-state index contributed by atoms with van der Waals surface area (Å²) in [4.78, 5) is 148. The number of aliphatic imine (C=N–C) groups is 3. The van der Waals surface area contributed by atoms with E-state index in [-0.39, 0.29) is 131 Å². The summed E-state index contributed by atoms with van der Waals surface area (Å²) in [6, 6.07) is 18.6. The molecule has 33 heteroatoms. The molecule has 7 atom stereocenters. The molecule has 0 saturated heterocycles. The molecule has 4 aliphatic rings. The Morgan fingerprint density at radius 2 is 0.926 bits per heavy atom. The molecular formula is C89H136Cl2N21O9S+. The number of nitrogens with zero attached hydrogens (tertiary/aromatic N) is 6. The smallest absolute Gasteiger partial charge is 0.243 e. The van der Waals surface area contributed by atoms with Crippen molar-refractivity contribution in [2.45, 2.75) is 272 Å². The molecule has 8 rings (SSSR count). The lowest BCUT2D eigenvalue weighted by Gasteiger charge is -2.31. The molecule has 0 unspecified atom stereocenters. The van der Waals surface area contributed by atoms with E-state index in [0.29, 0.717) is 76.3 Å². The topological polar surface area (TPSA) is 479 Å². The van der Waals surface area contributed by atoms with Crippen LogP contribution in [0.25, 0.3) is 17.0 Å². The third kappa shape index (κ3) is 34.2. The van der Waals surface area contributed by atoms with Crippen LogP contribution in [0.3, 0.4) is 0 Å². The Bertz CT molecular complexity index is 4120. The van der Waals surface area contributed by atoms with Gasteiger partial charge in [0.2, 0.25) is 58.7 Å². The lowest BCUT2D eigenvalue weighted by Crippen LogP contribution is -2.60. The van der Waals surface area contributed by atoms with E-state index < -0.39 is 83.6 Å². The number of para-hydroxylation sites is 2. The molecule has 1 aliphatic heterocycles. The number of hydrogen-bond donors (Lipinski definition) is 15. The third-order valence-corrected chi connectivity index (χ3v) is 25.1. The van der Waals surface area contributed by atoms with Gasteiger partial charge >= 0.3 is 0 Å². The molecule has 30 nitrogen and oxygen atoms in total. The molecule has 9 amide bonds. The van der Waals surface area contributed by atoms with Gasteiger partial charge in [0.25, 0.3) is 0 Å². The first-order chi connectivity index (χ1) is 58.9. The summed E-state index contributed by atoms with van der Waals surface area (Å²) in [7, 11) is 2.09. The number of anilines is 2. The van der Waals surface area contributed by atoms with Crippen LogP contribution >= 0.6 is 35.0 Å². The molecule has 3 fully saturated rings. The number of guanidine groups is 3. The van der Waals surface area contributed by atoms with Crippen LogP contribution in [0.1, 0.15) is 223 Å². The minimum Gasteiger partial charge on any atom is -0.370 e.